The van der Waals surface area contributed by atoms with Crippen molar-refractivity contribution < 1.29 is 14.4 Å². The van der Waals surface area contributed by atoms with E-state index in [1.54, 1.807) is 14.1 Å². The first kappa shape index (κ1) is 20.8. The molecule has 2 N–H and O–H groups in total. The van der Waals surface area contributed by atoms with Crippen molar-refractivity contribution in [3.05, 3.63) is 0 Å². The van der Waals surface area contributed by atoms with E-state index in [2.05, 4.69) is 10.6 Å². The second-order valence-electron chi connectivity index (χ2n) is 7.45. The molecule has 0 bridgehead atoms. The van der Waals surface area contributed by atoms with E-state index in [1.165, 1.54) is 9.80 Å². The van der Waals surface area contributed by atoms with Gasteiger partial charge in [0, 0.05) is 12.1 Å². The van der Waals surface area contributed by atoms with Gasteiger partial charge in [0.15, 0.2) is 0 Å². The van der Waals surface area contributed by atoms with Gasteiger partial charge < -0.3 is 10.6 Å². The minimum Gasteiger partial charge on any atom is -0.311 e. The van der Waals surface area contributed by atoms with Gasteiger partial charge in [-0.1, -0.05) is 38.5 Å². The fraction of sp³-hybridized carbons (Fsp3) is 0.842. The molecule has 0 aromatic rings. The van der Waals surface area contributed by atoms with E-state index in [4.69, 9.17) is 0 Å². The van der Waals surface area contributed by atoms with Crippen molar-refractivity contribution >= 4 is 17.8 Å². The predicted octanol–water partition coefficient (Wildman–Crippen LogP) is 1.87. The molecule has 0 atom stereocenters. The number of amides is 4. The zero-order chi connectivity index (χ0) is 18.9. The van der Waals surface area contributed by atoms with Crippen molar-refractivity contribution in [2.45, 2.75) is 76.3 Å². The number of imide groups is 2. The Kier molecular flexibility index (Phi) is 8.51. The Morgan fingerprint density at radius 3 is 1.35 bits per heavy atom. The Balaban J connectivity index is 2.26. The number of carbonyl (C=O) groups is 3. The molecule has 0 heterocycles. The maximum atomic E-state index is 13.4. The van der Waals surface area contributed by atoms with Gasteiger partial charge >= 0.3 is 6.03 Å². The zero-order valence-electron chi connectivity index (χ0n) is 16.3. The number of carbonyl (C=O) groups excluding carboxylic acids is 3. The monoisotopic (exact) mass is 366 g/mol. The molecule has 0 saturated heterocycles. The van der Waals surface area contributed by atoms with Gasteiger partial charge in [-0.3, -0.25) is 19.4 Å². The van der Waals surface area contributed by atoms with Crippen LogP contribution in [0.15, 0.2) is 0 Å². The fourth-order valence-electron chi connectivity index (χ4n) is 4.20. The maximum Gasteiger partial charge on any atom is 0.333 e. The topological polar surface area (TPSA) is 81.8 Å². The molecule has 26 heavy (non-hydrogen) atoms. The summed E-state index contributed by atoms with van der Waals surface area (Å²) < 4.78 is 0. The standard InChI is InChI=1S/C19H34N4O3/c1-20-13-17(24)22(15-9-5-3-6-10-15)19(26)23(18(25)14-21-2)16-11-7-4-8-12-16/h15-16,20-21H,3-14H2,1-2H3. The molecule has 2 aliphatic carbocycles. The van der Waals surface area contributed by atoms with E-state index < -0.39 is 6.03 Å². The smallest absolute Gasteiger partial charge is 0.311 e. The van der Waals surface area contributed by atoms with Crippen molar-refractivity contribution in [3.63, 3.8) is 0 Å². The molecule has 148 valence electrons. The van der Waals surface area contributed by atoms with Crippen LogP contribution in [0.25, 0.3) is 0 Å². The SMILES string of the molecule is CNCC(=O)N(C(=O)N(C(=O)CNC)C1CCCCC1)C1CCCCC1. The van der Waals surface area contributed by atoms with Crippen molar-refractivity contribution in [1.82, 2.24) is 20.4 Å². The van der Waals surface area contributed by atoms with Gasteiger partial charge in [0.2, 0.25) is 11.8 Å². The molecule has 7 heteroatoms. The first-order valence-electron chi connectivity index (χ1n) is 10.1. The summed E-state index contributed by atoms with van der Waals surface area (Å²) in [7, 11) is 3.40. The molecular formula is C19H34N4O3. The molecule has 2 fully saturated rings. The predicted molar refractivity (Wildman–Crippen MR) is 101 cm³/mol. The number of nitrogens with one attached hydrogen (secondary N) is 2. The van der Waals surface area contributed by atoms with Crippen LogP contribution in [-0.4, -0.2) is 66.9 Å². The molecule has 2 saturated carbocycles. The lowest BCUT2D eigenvalue weighted by Gasteiger charge is -2.39. The molecule has 4 amide bonds. The number of likely N-dealkylation sites (N-methyl/N-ethyl adjacent to an activating group) is 2. The summed E-state index contributed by atoms with van der Waals surface area (Å²) in [6, 6.07) is -0.597. The van der Waals surface area contributed by atoms with Crippen LogP contribution in [0, 0.1) is 0 Å². The highest BCUT2D eigenvalue weighted by molar-refractivity contribution is 6.03. The van der Waals surface area contributed by atoms with Gasteiger partial charge in [0.25, 0.3) is 0 Å². The fourth-order valence-corrected chi connectivity index (χ4v) is 4.20. The molecule has 0 unspecified atom stereocenters. The first-order chi connectivity index (χ1) is 12.6. The lowest BCUT2D eigenvalue weighted by molar-refractivity contribution is -0.134. The summed E-state index contributed by atoms with van der Waals surface area (Å²) in [5.74, 6) is -0.468. The minimum absolute atomic E-state index is 0.0921. The van der Waals surface area contributed by atoms with E-state index in [-0.39, 0.29) is 37.0 Å². The van der Waals surface area contributed by atoms with Gasteiger partial charge in [-0.05, 0) is 39.8 Å². The third-order valence-electron chi connectivity index (χ3n) is 5.49. The van der Waals surface area contributed by atoms with Crippen molar-refractivity contribution in [2.75, 3.05) is 27.2 Å². The molecule has 2 aliphatic rings. The normalized spacial score (nSPS) is 19.2. The maximum absolute atomic E-state index is 13.4. The molecule has 0 aromatic heterocycles. The molecule has 7 nitrogen and oxygen atoms in total. The number of rotatable bonds is 6. The highest BCUT2D eigenvalue weighted by atomic mass is 16.2. The summed E-state index contributed by atoms with van der Waals surface area (Å²) in [6.45, 7) is 0.224. The Morgan fingerprint density at radius 2 is 1.04 bits per heavy atom. The van der Waals surface area contributed by atoms with Gasteiger partial charge in [0.1, 0.15) is 0 Å². The molecule has 0 radical (unpaired) electrons. The second-order valence-corrected chi connectivity index (χ2v) is 7.45. The van der Waals surface area contributed by atoms with E-state index >= 15 is 0 Å². The van der Waals surface area contributed by atoms with E-state index in [9.17, 15) is 14.4 Å². The average molecular weight is 367 g/mol. The van der Waals surface area contributed by atoms with E-state index in [1.807, 2.05) is 0 Å². The molecule has 2 rings (SSSR count). The van der Waals surface area contributed by atoms with Gasteiger partial charge in [-0.2, -0.15) is 0 Å². The highest BCUT2D eigenvalue weighted by Crippen LogP contribution is 2.27. The Bertz CT molecular complexity index is 443. The summed E-state index contributed by atoms with van der Waals surface area (Å²) >= 11 is 0. The van der Waals surface area contributed by atoms with Gasteiger partial charge in [-0.15, -0.1) is 0 Å². The number of hydrogen-bond donors (Lipinski definition) is 2. The Morgan fingerprint density at radius 1 is 0.692 bits per heavy atom. The average Bonchev–Trinajstić information content (AvgIpc) is 2.64. The second kappa shape index (κ2) is 10.6. The molecular weight excluding hydrogens is 332 g/mol. The summed E-state index contributed by atoms with van der Waals surface area (Å²) in [4.78, 5) is 41.7. The van der Waals surface area contributed by atoms with Crippen LogP contribution in [0.2, 0.25) is 0 Å². The van der Waals surface area contributed by atoms with Crippen LogP contribution < -0.4 is 10.6 Å². The van der Waals surface area contributed by atoms with Crippen LogP contribution >= 0.6 is 0 Å². The number of nitrogens with zero attached hydrogens (tertiary/aromatic N) is 2. The first-order valence-corrected chi connectivity index (χ1v) is 10.1. The minimum atomic E-state index is -0.413. The van der Waals surface area contributed by atoms with Crippen molar-refractivity contribution in [1.29, 1.82) is 0 Å². The van der Waals surface area contributed by atoms with Crippen molar-refractivity contribution in [2.24, 2.45) is 0 Å². The highest BCUT2D eigenvalue weighted by Gasteiger charge is 2.39. The zero-order valence-corrected chi connectivity index (χ0v) is 16.3. The van der Waals surface area contributed by atoms with Crippen molar-refractivity contribution in [3.8, 4) is 0 Å². The third kappa shape index (κ3) is 5.27. The van der Waals surface area contributed by atoms with Crippen LogP contribution in [0.1, 0.15) is 64.2 Å². The van der Waals surface area contributed by atoms with Crippen LogP contribution in [0.4, 0.5) is 4.79 Å². The van der Waals surface area contributed by atoms with Gasteiger partial charge in [0.05, 0.1) is 13.1 Å². The van der Waals surface area contributed by atoms with E-state index in [0.717, 1.165) is 64.2 Å². The Labute approximate surface area is 156 Å². The molecule has 0 aliphatic heterocycles. The molecule has 0 aromatic carbocycles. The largest absolute Gasteiger partial charge is 0.333 e. The molecule has 0 spiro atoms. The third-order valence-corrected chi connectivity index (χ3v) is 5.49. The van der Waals surface area contributed by atoms with Crippen LogP contribution in [0.3, 0.4) is 0 Å². The number of hydrogen-bond acceptors (Lipinski definition) is 5. The number of urea groups is 1. The van der Waals surface area contributed by atoms with Crippen LogP contribution in [-0.2, 0) is 9.59 Å². The summed E-state index contributed by atoms with van der Waals surface area (Å²) in [5, 5.41) is 5.71. The van der Waals surface area contributed by atoms with Gasteiger partial charge in [-0.25, -0.2) is 4.79 Å². The lowest BCUT2D eigenvalue weighted by atomic mass is 9.93. The quantitative estimate of drug-likeness (QED) is 0.750. The van der Waals surface area contributed by atoms with E-state index in [0.29, 0.717) is 0 Å². The van der Waals surface area contributed by atoms with Crippen LogP contribution in [0.5, 0.6) is 0 Å². The summed E-state index contributed by atoms with van der Waals surface area (Å²) in [5.41, 5.74) is 0. The Hall–Kier alpha value is -1.47. The summed E-state index contributed by atoms with van der Waals surface area (Å²) in [6.07, 6.45) is 9.71. The lowest BCUT2D eigenvalue weighted by Crippen LogP contribution is -2.58.